The number of benzene rings is 1. The van der Waals surface area contributed by atoms with Crippen LogP contribution in [-0.2, 0) is 29.1 Å². The Morgan fingerprint density at radius 1 is 1.35 bits per heavy atom. The first kappa shape index (κ1) is 18.6. The first-order valence-corrected chi connectivity index (χ1v) is 9.09. The average Bonchev–Trinajstić information content (AvgIpc) is 2.96. The first-order valence-electron chi connectivity index (χ1n) is 9.09. The maximum absolute atomic E-state index is 13.3. The summed E-state index contributed by atoms with van der Waals surface area (Å²) in [6.45, 7) is 5.00. The Morgan fingerprint density at radius 3 is 2.81 bits per heavy atom. The van der Waals surface area contributed by atoms with E-state index in [1.165, 1.54) is 12.1 Å². The number of aromatic nitrogens is 2. The van der Waals surface area contributed by atoms with Crippen LogP contribution in [0.4, 0.5) is 4.39 Å². The molecule has 0 radical (unpaired) electrons. The lowest BCUT2D eigenvalue weighted by Gasteiger charge is -2.32. The minimum atomic E-state index is -0.295. The van der Waals surface area contributed by atoms with Gasteiger partial charge in [0.15, 0.2) is 0 Å². The van der Waals surface area contributed by atoms with Crippen LogP contribution in [0.2, 0.25) is 0 Å². The Kier molecular flexibility index (Phi) is 6.04. The van der Waals surface area contributed by atoms with Crippen LogP contribution < -0.4 is 0 Å². The van der Waals surface area contributed by atoms with E-state index in [-0.39, 0.29) is 18.1 Å². The number of halogens is 1. The van der Waals surface area contributed by atoms with Crippen molar-refractivity contribution < 1.29 is 13.9 Å². The van der Waals surface area contributed by atoms with Crippen molar-refractivity contribution in [3.63, 3.8) is 0 Å². The molecule has 5 nitrogen and oxygen atoms in total. The number of methoxy groups -OCH3 is 1. The quantitative estimate of drug-likeness (QED) is 0.797. The molecule has 0 unspecified atom stereocenters. The number of amides is 1. The summed E-state index contributed by atoms with van der Waals surface area (Å²) < 4.78 is 20.7. The summed E-state index contributed by atoms with van der Waals surface area (Å²) in [5, 5.41) is 0. The van der Waals surface area contributed by atoms with E-state index >= 15 is 0 Å². The third kappa shape index (κ3) is 4.49. The van der Waals surface area contributed by atoms with Gasteiger partial charge in [0.2, 0.25) is 5.91 Å². The Labute approximate surface area is 153 Å². The molecule has 2 aromatic rings. The largest absolute Gasteiger partial charge is 0.377 e. The van der Waals surface area contributed by atoms with Crippen molar-refractivity contribution in [2.75, 3.05) is 20.2 Å². The Hall–Kier alpha value is -2.21. The van der Waals surface area contributed by atoms with E-state index in [1.54, 1.807) is 19.2 Å². The topological polar surface area (TPSA) is 47.4 Å². The van der Waals surface area contributed by atoms with Crippen LogP contribution in [0.1, 0.15) is 29.9 Å². The van der Waals surface area contributed by atoms with Crippen molar-refractivity contribution >= 4 is 5.91 Å². The number of carbonyl (C=O) groups is 1. The second-order valence-corrected chi connectivity index (χ2v) is 6.99. The van der Waals surface area contributed by atoms with Crippen LogP contribution in [0.25, 0.3) is 0 Å². The summed E-state index contributed by atoms with van der Waals surface area (Å²) in [4.78, 5) is 18.8. The fourth-order valence-electron chi connectivity index (χ4n) is 3.56. The summed E-state index contributed by atoms with van der Waals surface area (Å²) in [5.41, 5.74) is 1.87. The van der Waals surface area contributed by atoms with Crippen molar-refractivity contribution in [1.29, 1.82) is 0 Å². The number of ether oxygens (including phenoxy) is 1. The minimum absolute atomic E-state index is 0.0768. The molecule has 1 aromatic heterocycles. The van der Waals surface area contributed by atoms with E-state index < -0.39 is 0 Å². The van der Waals surface area contributed by atoms with E-state index in [2.05, 4.69) is 16.5 Å². The standard InChI is InChI=1S/C20H26FN3O2/c1-15-12-22-19(14-26-2)24(15)13-16-6-8-23(9-7-16)20(25)11-17-4-3-5-18(21)10-17/h3-5,10,12,16H,6-9,11,13-14H2,1-2H3. The molecule has 26 heavy (non-hydrogen) atoms. The molecule has 1 aliphatic rings. The second-order valence-electron chi connectivity index (χ2n) is 6.99. The van der Waals surface area contributed by atoms with Gasteiger partial charge in [-0.25, -0.2) is 9.37 Å². The molecule has 1 aromatic carbocycles. The van der Waals surface area contributed by atoms with E-state index in [4.69, 9.17) is 4.74 Å². The fourth-order valence-corrected chi connectivity index (χ4v) is 3.56. The van der Waals surface area contributed by atoms with Crippen molar-refractivity contribution in [3.8, 4) is 0 Å². The van der Waals surface area contributed by atoms with Gasteiger partial charge >= 0.3 is 0 Å². The number of aryl methyl sites for hydroxylation is 1. The maximum Gasteiger partial charge on any atom is 0.226 e. The molecule has 3 rings (SSSR count). The predicted molar refractivity (Wildman–Crippen MR) is 97.1 cm³/mol. The molecule has 0 spiro atoms. The second kappa shape index (κ2) is 8.45. The van der Waals surface area contributed by atoms with E-state index in [1.807, 2.05) is 11.1 Å². The molecular weight excluding hydrogens is 333 g/mol. The van der Waals surface area contributed by atoms with Crippen molar-refractivity contribution in [2.45, 2.75) is 39.3 Å². The molecule has 1 saturated heterocycles. The average molecular weight is 359 g/mol. The summed E-state index contributed by atoms with van der Waals surface area (Å²) in [5.74, 6) is 1.26. The molecular formula is C20H26FN3O2. The number of piperidine rings is 1. The zero-order valence-electron chi connectivity index (χ0n) is 15.4. The summed E-state index contributed by atoms with van der Waals surface area (Å²) in [6, 6.07) is 6.28. The molecule has 140 valence electrons. The molecule has 1 aliphatic heterocycles. The van der Waals surface area contributed by atoms with Crippen molar-refractivity contribution in [1.82, 2.24) is 14.5 Å². The van der Waals surface area contributed by atoms with Crippen LogP contribution in [0.5, 0.6) is 0 Å². The molecule has 0 bridgehead atoms. The fraction of sp³-hybridized carbons (Fsp3) is 0.500. The van der Waals surface area contributed by atoms with Gasteiger partial charge in [0, 0.05) is 38.6 Å². The van der Waals surface area contributed by atoms with Crippen LogP contribution in [0.15, 0.2) is 30.5 Å². The number of likely N-dealkylation sites (tertiary alicyclic amines) is 1. The molecule has 1 amide bonds. The highest BCUT2D eigenvalue weighted by Gasteiger charge is 2.24. The Morgan fingerprint density at radius 2 is 2.12 bits per heavy atom. The third-order valence-corrected chi connectivity index (χ3v) is 5.06. The highest BCUT2D eigenvalue weighted by Crippen LogP contribution is 2.22. The van der Waals surface area contributed by atoms with Gasteiger partial charge in [-0.15, -0.1) is 0 Å². The molecule has 0 aliphatic carbocycles. The number of hydrogen-bond donors (Lipinski definition) is 0. The molecule has 0 saturated carbocycles. The lowest BCUT2D eigenvalue weighted by atomic mass is 9.96. The van der Waals surface area contributed by atoms with Gasteiger partial charge in [0.1, 0.15) is 18.2 Å². The first-order chi connectivity index (χ1) is 12.6. The Bertz CT molecular complexity index is 751. The summed E-state index contributed by atoms with van der Waals surface area (Å²) >= 11 is 0. The van der Waals surface area contributed by atoms with Crippen molar-refractivity contribution in [3.05, 3.63) is 53.4 Å². The van der Waals surface area contributed by atoms with Gasteiger partial charge < -0.3 is 14.2 Å². The summed E-state index contributed by atoms with van der Waals surface area (Å²) in [6.07, 6.45) is 4.09. The van der Waals surface area contributed by atoms with Gasteiger partial charge in [0.05, 0.1) is 6.42 Å². The molecule has 0 N–H and O–H groups in total. The molecule has 6 heteroatoms. The van der Waals surface area contributed by atoms with Gasteiger partial charge in [0.25, 0.3) is 0 Å². The zero-order chi connectivity index (χ0) is 18.5. The highest BCUT2D eigenvalue weighted by atomic mass is 19.1. The molecule has 2 heterocycles. The van der Waals surface area contributed by atoms with Crippen LogP contribution in [0, 0.1) is 18.7 Å². The van der Waals surface area contributed by atoms with Crippen molar-refractivity contribution in [2.24, 2.45) is 5.92 Å². The smallest absolute Gasteiger partial charge is 0.226 e. The number of hydrogen-bond acceptors (Lipinski definition) is 3. The lowest BCUT2D eigenvalue weighted by molar-refractivity contribution is -0.131. The van der Waals surface area contributed by atoms with E-state index in [9.17, 15) is 9.18 Å². The van der Waals surface area contributed by atoms with Crippen LogP contribution in [-0.4, -0.2) is 40.6 Å². The predicted octanol–water partition coefficient (Wildman–Crippen LogP) is 2.96. The Balaban J connectivity index is 1.53. The molecule has 0 atom stereocenters. The lowest BCUT2D eigenvalue weighted by Crippen LogP contribution is -2.40. The number of rotatable bonds is 6. The van der Waals surface area contributed by atoms with Gasteiger partial charge in [-0.05, 0) is 43.4 Å². The van der Waals surface area contributed by atoms with Crippen LogP contribution in [0.3, 0.4) is 0 Å². The number of carbonyl (C=O) groups excluding carboxylic acids is 1. The minimum Gasteiger partial charge on any atom is -0.377 e. The maximum atomic E-state index is 13.3. The number of imidazole rings is 1. The normalized spacial score (nSPS) is 15.4. The van der Waals surface area contributed by atoms with E-state index in [0.29, 0.717) is 12.5 Å². The zero-order valence-corrected chi connectivity index (χ0v) is 15.4. The van der Waals surface area contributed by atoms with Gasteiger partial charge in [-0.1, -0.05) is 12.1 Å². The molecule has 1 fully saturated rings. The van der Waals surface area contributed by atoms with Gasteiger partial charge in [-0.3, -0.25) is 4.79 Å². The van der Waals surface area contributed by atoms with Crippen LogP contribution >= 0.6 is 0 Å². The third-order valence-electron chi connectivity index (χ3n) is 5.06. The number of nitrogens with zero attached hydrogens (tertiary/aromatic N) is 3. The van der Waals surface area contributed by atoms with E-state index in [0.717, 1.165) is 49.6 Å². The van der Waals surface area contributed by atoms with Gasteiger partial charge in [-0.2, -0.15) is 0 Å². The highest BCUT2D eigenvalue weighted by molar-refractivity contribution is 5.78. The SMILES string of the molecule is COCc1ncc(C)n1CC1CCN(C(=O)Cc2cccc(F)c2)CC1. The monoisotopic (exact) mass is 359 g/mol. The summed E-state index contributed by atoms with van der Waals surface area (Å²) in [7, 11) is 1.68.